The second kappa shape index (κ2) is 6.10. The van der Waals surface area contributed by atoms with Gasteiger partial charge >= 0.3 is 0 Å². The molecule has 0 amide bonds. The van der Waals surface area contributed by atoms with Crippen molar-refractivity contribution in [1.29, 1.82) is 0 Å². The third-order valence-electron chi connectivity index (χ3n) is 2.45. The van der Waals surface area contributed by atoms with E-state index in [1.807, 2.05) is 6.92 Å². The quantitative estimate of drug-likeness (QED) is 0.644. The normalized spacial score (nSPS) is 15.1. The van der Waals surface area contributed by atoms with Crippen LogP contribution in [0.4, 0.5) is 0 Å². The first-order chi connectivity index (χ1) is 8.36. The lowest BCUT2D eigenvalue weighted by Crippen LogP contribution is -2.38. The van der Waals surface area contributed by atoms with Crippen LogP contribution >= 0.6 is 0 Å². The van der Waals surface area contributed by atoms with Crippen LogP contribution in [-0.2, 0) is 10.0 Å². The first-order valence-corrected chi connectivity index (χ1v) is 6.90. The van der Waals surface area contributed by atoms with Crippen LogP contribution in [0.15, 0.2) is 41.8 Å². The fourth-order valence-corrected chi connectivity index (χ4v) is 2.32. The number of aliphatic hydroxyl groups is 2. The van der Waals surface area contributed by atoms with Crippen molar-refractivity contribution in [1.82, 2.24) is 4.72 Å². The number of aliphatic hydroxyl groups excluding tert-OH is 2. The molecule has 0 heterocycles. The summed E-state index contributed by atoms with van der Waals surface area (Å²) in [5.74, 6) is 0. The van der Waals surface area contributed by atoms with Gasteiger partial charge in [0, 0.05) is 6.54 Å². The van der Waals surface area contributed by atoms with Gasteiger partial charge in [-0.2, -0.15) is 0 Å². The molecule has 18 heavy (non-hydrogen) atoms. The van der Waals surface area contributed by atoms with Crippen LogP contribution in [0, 0.1) is 6.92 Å². The number of hydrogen-bond acceptors (Lipinski definition) is 4. The maximum Gasteiger partial charge on any atom is 0.240 e. The largest absolute Gasteiger partial charge is 0.389 e. The van der Waals surface area contributed by atoms with Gasteiger partial charge in [0.1, 0.15) is 0 Å². The number of sulfonamides is 1. The molecular formula is C12H17NO4S. The van der Waals surface area contributed by atoms with Crippen LogP contribution < -0.4 is 4.72 Å². The van der Waals surface area contributed by atoms with Gasteiger partial charge in [-0.3, -0.25) is 0 Å². The van der Waals surface area contributed by atoms with Crippen LogP contribution in [0.25, 0.3) is 0 Å². The van der Waals surface area contributed by atoms with E-state index >= 15 is 0 Å². The smallest absolute Gasteiger partial charge is 0.240 e. The van der Waals surface area contributed by atoms with Crippen LogP contribution in [0.2, 0.25) is 0 Å². The maximum atomic E-state index is 11.8. The summed E-state index contributed by atoms with van der Waals surface area (Å²) in [7, 11) is -3.67. The number of benzene rings is 1. The summed E-state index contributed by atoms with van der Waals surface area (Å²) in [5.41, 5.74) is 0.955. The first-order valence-electron chi connectivity index (χ1n) is 5.42. The van der Waals surface area contributed by atoms with Gasteiger partial charge in [0.05, 0.1) is 17.1 Å². The molecule has 6 heteroatoms. The summed E-state index contributed by atoms with van der Waals surface area (Å²) in [6, 6.07) is 6.33. The molecule has 1 aromatic carbocycles. The van der Waals surface area contributed by atoms with E-state index in [4.69, 9.17) is 0 Å². The predicted octanol–water partition coefficient (Wildman–Crippen LogP) is 0.181. The number of nitrogens with one attached hydrogen (secondary N) is 1. The molecule has 0 aliphatic rings. The van der Waals surface area contributed by atoms with Crippen LogP contribution in [0.1, 0.15) is 5.56 Å². The van der Waals surface area contributed by atoms with Gasteiger partial charge in [-0.25, -0.2) is 13.1 Å². The predicted molar refractivity (Wildman–Crippen MR) is 68.6 cm³/mol. The standard InChI is InChI=1S/C12H17NO4S/c1-3-11(14)12(15)8-13-18(16,17)10-6-4-9(2)5-7-10/h3-7,11-15H,1,8H2,2H3/t11-,12+/m0/s1. The Morgan fingerprint density at radius 1 is 1.33 bits per heavy atom. The zero-order chi connectivity index (χ0) is 13.8. The average molecular weight is 271 g/mol. The van der Waals surface area contributed by atoms with Gasteiger partial charge in [0.2, 0.25) is 10.0 Å². The third-order valence-corrected chi connectivity index (χ3v) is 3.89. The fourth-order valence-electron chi connectivity index (χ4n) is 1.27. The minimum Gasteiger partial charge on any atom is -0.389 e. The Labute approximate surface area is 107 Å². The second-order valence-corrected chi connectivity index (χ2v) is 5.73. The van der Waals surface area contributed by atoms with Crippen molar-refractivity contribution in [3.63, 3.8) is 0 Å². The Balaban J connectivity index is 2.71. The van der Waals surface area contributed by atoms with E-state index in [2.05, 4.69) is 11.3 Å². The molecule has 0 unspecified atom stereocenters. The summed E-state index contributed by atoms with van der Waals surface area (Å²) in [5, 5.41) is 18.7. The number of hydrogen-bond donors (Lipinski definition) is 3. The summed E-state index contributed by atoms with van der Waals surface area (Å²) in [6.45, 7) is 4.89. The second-order valence-electron chi connectivity index (χ2n) is 3.96. The lowest BCUT2D eigenvalue weighted by atomic mass is 10.2. The highest BCUT2D eigenvalue weighted by molar-refractivity contribution is 7.89. The van der Waals surface area contributed by atoms with E-state index < -0.39 is 22.2 Å². The Morgan fingerprint density at radius 3 is 2.39 bits per heavy atom. The Bertz CT molecular complexity index is 495. The van der Waals surface area contributed by atoms with Gasteiger partial charge in [-0.05, 0) is 19.1 Å². The summed E-state index contributed by atoms with van der Waals surface area (Å²) < 4.78 is 25.9. The van der Waals surface area contributed by atoms with Gasteiger partial charge < -0.3 is 10.2 Å². The molecule has 3 N–H and O–H groups in total. The van der Waals surface area contributed by atoms with Crippen molar-refractivity contribution in [2.45, 2.75) is 24.0 Å². The van der Waals surface area contributed by atoms with Crippen molar-refractivity contribution >= 4 is 10.0 Å². The molecule has 0 saturated carbocycles. The molecule has 0 saturated heterocycles. The molecule has 0 aliphatic heterocycles. The lowest BCUT2D eigenvalue weighted by Gasteiger charge is -2.15. The highest BCUT2D eigenvalue weighted by Gasteiger charge is 2.18. The van der Waals surface area contributed by atoms with Crippen LogP contribution in [0.3, 0.4) is 0 Å². The molecule has 0 fully saturated rings. The SMILES string of the molecule is C=C[C@H](O)[C@H](O)CNS(=O)(=O)c1ccc(C)cc1. The molecule has 2 atom stereocenters. The highest BCUT2D eigenvalue weighted by atomic mass is 32.2. The van der Waals surface area contributed by atoms with Crippen molar-refractivity contribution < 1.29 is 18.6 Å². The van der Waals surface area contributed by atoms with E-state index in [1.54, 1.807) is 12.1 Å². The van der Waals surface area contributed by atoms with Gasteiger partial charge in [0.25, 0.3) is 0 Å². The van der Waals surface area contributed by atoms with Gasteiger partial charge in [0.15, 0.2) is 0 Å². The number of rotatable bonds is 6. The summed E-state index contributed by atoms with van der Waals surface area (Å²) in [6.07, 6.45) is -1.24. The van der Waals surface area contributed by atoms with E-state index in [0.717, 1.165) is 11.6 Å². The van der Waals surface area contributed by atoms with Crippen LogP contribution in [0.5, 0.6) is 0 Å². The molecule has 0 aromatic heterocycles. The monoisotopic (exact) mass is 271 g/mol. The van der Waals surface area contributed by atoms with E-state index in [9.17, 15) is 18.6 Å². The van der Waals surface area contributed by atoms with Crippen LogP contribution in [-0.4, -0.2) is 37.4 Å². The Hall–Kier alpha value is -1.21. The topological polar surface area (TPSA) is 86.6 Å². The van der Waals surface area contributed by atoms with Crippen molar-refractivity contribution in [3.05, 3.63) is 42.5 Å². The Kier molecular flexibility index (Phi) is 5.03. The van der Waals surface area contributed by atoms with E-state index in [1.165, 1.54) is 12.1 Å². The van der Waals surface area contributed by atoms with Gasteiger partial charge in [-0.15, -0.1) is 6.58 Å². The average Bonchev–Trinajstić information content (AvgIpc) is 2.35. The minimum absolute atomic E-state index is 0.119. The Morgan fingerprint density at radius 2 is 1.89 bits per heavy atom. The lowest BCUT2D eigenvalue weighted by molar-refractivity contribution is 0.0528. The van der Waals surface area contributed by atoms with Crippen molar-refractivity contribution in [3.8, 4) is 0 Å². The zero-order valence-corrected chi connectivity index (χ0v) is 10.9. The molecule has 1 rings (SSSR count). The summed E-state index contributed by atoms with van der Waals surface area (Å²) >= 11 is 0. The summed E-state index contributed by atoms with van der Waals surface area (Å²) in [4.78, 5) is 0.119. The first kappa shape index (κ1) is 14.8. The van der Waals surface area contributed by atoms with E-state index in [-0.39, 0.29) is 11.4 Å². The molecule has 0 aliphatic carbocycles. The maximum absolute atomic E-state index is 11.8. The third kappa shape index (κ3) is 3.92. The molecule has 5 nitrogen and oxygen atoms in total. The number of aryl methyl sites for hydroxylation is 1. The molecule has 0 radical (unpaired) electrons. The minimum atomic E-state index is -3.67. The van der Waals surface area contributed by atoms with E-state index in [0.29, 0.717) is 0 Å². The molecule has 100 valence electrons. The highest BCUT2D eigenvalue weighted by Crippen LogP contribution is 2.09. The molecular weight excluding hydrogens is 254 g/mol. The molecule has 1 aromatic rings. The fraction of sp³-hybridized carbons (Fsp3) is 0.333. The molecule has 0 bridgehead atoms. The van der Waals surface area contributed by atoms with Crippen molar-refractivity contribution in [2.24, 2.45) is 0 Å². The van der Waals surface area contributed by atoms with Gasteiger partial charge in [-0.1, -0.05) is 23.8 Å². The van der Waals surface area contributed by atoms with Crippen molar-refractivity contribution in [2.75, 3.05) is 6.54 Å². The zero-order valence-electron chi connectivity index (χ0n) is 10.1. The molecule has 0 spiro atoms.